The summed E-state index contributed by atoms with van der Waals surface area (Å²) in [4.78, 5) is 26.1. The highest BCUT2D eigenvalue weighted by Gasteiger charge is 2.16. The van der Waals surface area contributed by atoms with E-state index < -0.39 is 11.9 Å². The molecule has 2 heterocycles. The highest BCUT2D eigenvalue weighted by molar-refractivity contribution is 9.10. The van der Waals surface area contributed by atoms with Crippen LogP contribution in [-0.2, 0) is 9.53 Å². The molecule has 1 N–H and O–H groups in total. The number of nitrogens with zero attached hydrogens (tertiary/aromatic N) is 1. The van der Waals surface area contributed by atoms with Crippen molar-refractivity contribution in [3.63, 3.8) is 0 Å². The number of carbonyl (C=O) groups excluding carboxylic acids is 2. The smallest absolute Gasteiger partial charge is 0.374 e. The van der Waals surface area contributed by atoms with Crippen molar-refractivity contribution in [2.75, 3.05) is 29.9 Å². The molecule has 132 valence electrons. The van der Waals surface area contributed by atoms with Crippen LogP contribution in [0.4, 0.5) is 11.4 Å². The molecule has 25 heavy (non-hydrogen) atoms. The zero-order valence-corrected chi connectivity index (χ0v) is 15.5. The lowest BCUT2D eigenvalue weighted by Crippen LogP contribution is -2.21. The number of ether oxygens (including phenoxy) is 1. The number of amides is 1. The molecule has 7 heteroatoms. The highest BCUT2D eigenvalue weighted by atomic mass is 79.9. The first-order chi connectivity index (χ1) is 12.0. The van der Waals surface area contributed by atoms with Gasteiger partial charge in [-0.05, 0) is 71.6 Å². The number of aryl methyl sites for hydroxylation is 1. The Kier molecular flexibility index (Phi) is 5.43. The second-order valence-corrected chi connectivity index (χ2v) is 6.71. The summed E-state index contributed by atoms with van der Waals surface area (Å²) in [6.45, 7) is 3.80. The zero-order valence-electron chi connectivity index (χ0n) is 13.9. The van der Waals surface area contributed by atoms with Gasteiger partial charge in [-0.2, -0.15) is 0 Å². The molecule has 0 aliphatic carbocycles. The van der Waals surface area contributed by atoms with Gasteiger partial charge in [0.15, 0.2) is 11.3 Å². The number of esters is 1. The number of hydrogen-bond donors (Lipinski definition) is 1. The van der Waals surface area contributed by atoms with Gasteiger partial charge in [-0.3, -0.25) is 4.79 Å². The average molecular weight is 407 g/mol. The normalized spacial score (nSPS) is 13.8. The van der Waals surface area contributed by atoms with E-state index in [1.807, 2.05) is 25.1 Å². The Labute approximate surface area is 154 Å². The third kappa shape index (κ3) is 4.42. The lowest BCUT2D eigenvalue weighted by molar-refractivity contribution is -0.119. The van der Waals surface area contributed by atoms with E-state index in [0.717, 1.165) is 18.7 Å². The number of hydrogen-bond acceptors (Lipinski definition) is 5. The van der Waals surface area contributed by atoms with Crippen molar-refractivity contribution in [2.24, 2.45) is 0 Å². The predicted molar refractivity (Wildman–Crippen MR) is 97.9 cm³/mol. The molecule has 0 saturated carbocycles. The molecular weight excluding hydrogens is 388 g/mol. The van der Waals surface area contributed by atoms with Crippen LogP contribution >= 0.6 is 15.9 Å². The summed E-state index contributed by atoms with van der Waals surface area (Å²) >= 11 is 3.10. The van der Waals surface area contributed by atoms with Crippen LogP contribution in [0, 0.1) is 6.92 Å². The maximum absolute atomic E-state index is 12.0. The molecule has 3 rings (SSSR count). The van der Waals surface area contributed by atoms with Gasteiger partial charge in [-0.15, -0.1) is 0 Å². The molecule has 0 atom stereocenters. The van der Waals surface area contributed by atoms with Crippen LogP contribution in [0.1, 0.15) is 29.0 Å². The molecule has 2 aromatic rings. The molecule has 0 spiro atoms. The number of rotatable bonds is 5. The highest BCUT2D eigenvalue weighted by Crippen LogP contribution is 2.26. The van der Waals surface area contributed by atoms with Gasteiger partial charge in [0, 0.05) is 24.5 Å². The van der Waals surface area contributed by atoms with E-state index in [2.05, 4.69) is 26.1 Å². The number of anilines is 2. The van der Waals surface area contributed by atoms with Crippen LogP contribution in [0.3, 0.4) is 0 Å². The van der Waals surface area contributed by atoms with Gasteiger partial charge in [-0.1, -0.05) is 0 Å². The molecule has 1 saturated heterocycles. The Bertz CT molecular complexity index is 781. The molecule has 6 nitrogen and oxygen atoms in total. The van der Waals surface area contributed by atoms with E-state index in [-0.39, 0.29) is 12.4 Å². The molecule has 0 bridgehead atoms. The van der Waals surface area contributed by atoms with Crippen molar-refractivity contribution in [1.29, 1.82) is 0 Å². The van der Waals surface area contributed by atoms with E-state index in [0.29, 0.717) is 10.4 Å². The van der Waals surface area contributed by atoms with Crippen molar-refractivity contribution >= 4 is 39.2 Å². The zero-order chi connectivity index (χ0) is 17.8. The SMILES string of the molecule is Cc1cc(NC(=O)COC(=O)c2ccc(Br)o2)ccc1N1CCCC1. The monoisotopic (exact) mass is 406 g/mol. The summed E-state index contributed by atoms with van der Waals surface area (Å²) in [5.41, 5.74) is 2.99. The lowest BCUT2D eigenvalue weighted by Gasteiger charge is -2.20. The third-order valence-electron chi connectivity index (χ3n) is 4.04. The maximum Gasteiger partial charge on any atom is 0.374 e. The minimum atomic E-state index is -0.679. The van der Waals surface area contributed by atoms with Crippen LogP contribution in [-0.4, -0.2) is 31.6 Å². The Morgan fingerprint density at radius 2 is 2.00 bits per heavy atom. The summed E-state index contributed by atoms with van der Waals surface area (Å²) in [7, 11) is 0. The molecule has 1 aromatic carbocycles. The second-order valence-electron chi connectivity index (χ2n) is 5.92. The molecule has 0 unspecified atom stereocenters. The van der Waals surface area contributed by atoms with Crippen LogP contribution in [0.2, 0.25) is 0 Å². The lowest BCUT2D eigenvalue weighted by atomic mass is 10.1. The third-order valence-corrected chi connectivity index (χ3v) is 4.46. The Balaban J connectivity index is 1.54. The average Bonchev–Trinajstić information content (AvgIpc) is 3.24. The fourth-order valence-corrected chi connectivity index (χ4v) is 3.18. The van der Waals surface area contributed by atoms with E-state index in [4.69, 9.17) is 9.15 Å². The van der Waals surface area contributed by atoms with Crippen molar-refractivity contribution in [2.45, 2.75) is 19.8 Å². The predicted octanol–water partition coefficient (Wildman–Crippen LogP) is 3.75. The van der Waals surface area contributed by atoms with Gasteiger partial charge >= 0.3 is 5.97 Å². The summed E-state index contributed by atoms with van der Waals surface area (Å²) in [5.74, 6) is -1.03. The molecule has 1 amide bonds. The fourth-order valence-electron chi connectivity index (χ4n) is 2.87. The summed E-state index contributed by atoms with van der Waals surface area (Å²) in [6.07, 6.45) is 2.44. The van der Waals surface area contributed by atoms with E-state index in [1.54, 1.807) is 6.07 Å². The topological polar surface area (TPSA) is 71.8 Å². The van der Waals surface area contributed by atoms with Gasteiger partial charge in [0.25, 0.3) is 5.91 Å². The number of benzene rings is 1. The van der Waals surface area contributed by atoms with E-state index in [1.165, 1.54) is 24.6 Å². The van der Waals surface area contributed by atoms with Gasteiger partial charge < -0.3 is 19.4 Å². The molecule has 1 aliphatic heterocycles. The quantitative estimate of drug-likeness (QED) is 0.765. The Hall–Kier alpha value is -2.28. The second kappa shape index (κ2) is 7.74. The maximum atomic E-state index is 12.0. The minimum Gasteiger partial charge on any atom is -0.450 e. The van der Waals surface area contributed by atoms with Gasteiger partial charge in [0.05, 0.1) is 0 Å². The first-order valence-electron chi connectivity index (χ1n) is 8.11. The van der Waals surface area contributed by atoms with Gasteiger partial charge in [0.1, 0.15) is 0 Å². The van der Waals surface area contributed by atoms with E-state index in [9.17, 15) is 9.59 Å². The number of halogens is 1. The summed E-state index contributed by atoms with van der Waals surface area (Å²) in [6, 6.07) is 8.87. The Morgan fingerprint density at radius 1 is 1.24 bits per heavy atom. The standard InChI is InChI=1S/C18H19BrN2O4/c1-12-10-13(4-5-14(12)21-8-2-3-9-21)20-17(22)11-24-18(23)15-6-7-16(19)25-15/h4-7,10H,2-3,8-9,11H2,1H3,(H,20,22). The largest absolute Gasteiger partial charge is 0.450 e. The minimum absolute atomic E-state index is 0.0467. The van der Waals surface area contributed by atoms with Crippen molar-refractivity contribution in [3.05, 3.63) is 46.3 Å². The van der Waals surface area contributed by atoms with Crippen LogP contribution < -0.4 is 10.2 Å². The van der Waals surface area contributed by atoms with Crippen molar-refractivity contribution in [3.8, 4) is 0 Å². The van der Waals surface area contributed by atoms with E-state index >= 15 is 0 Å². The summed E-state index contributed by atoms with van der Waals surface area (Å²) < 4.78 is 10.4. The van der Waals surface area contributed by atoms with Crippen molar-refractivity contribution in [1.82, 2.24) is 0 Å². The number of furan rings is 1. The molecule has 1 aliphatic rings. The van der Waals surface area contributed by atoms with Crippen LogP contribution in [0.25, 0.3) is 0 Å². The number of carbonyl (C=O) groups is 2. The molecule has 1 aromatic heterocycles. The fraction of sp³-hybridized carbons (Fsp3) is 0.333. The van der Waals surface area contributed by atoms with Crippen molar-refractivity contribution < 1.29 is 18.7 Å². The molecule has 1 fully saturated rings. The van der Waals surface area contributed by atoms with Gasteiger partial charge in [0.2, 0.25) is 5.76 Å². The first-order valence-corrected chi connectivity index (χ1v) is 8.90. The van der Waals surface area contributed by atoms with Crippen LogP contribution in [0.5, 0.6) is 0 Å². The molecular formula is C18H19BrN2O4. The molecule has 0 radical (unpaired) electrons. The first kappa shape index (κ1) is 17.5. The van der Waals surface area contributed by atoms with Crippen LogP contribution in [0.15, 0.2) is 39.4 Å². The van der Waals surface area contributed by atoms with Gasteiger partial charge in [-0.25, -0.2) is 4.79 Å². The Morgan fingerprint density at radius 3 is 2.64 bits per heavy atom. The number of nitrogens with one attached hydrogen (secondary N) is 1. The summed E-state index contributed by atoms with van der Waals surface area (Å²) in [5, 5.41) is 2.74.